The Kier molecular flexibility index (Phi) is 9.28. The van der Waals surface area contributed by atoms with E-state index in [4.69, 9.17) is 15.9 Å². The Labute approximate surface area is 85.0 Å². The number of terminal acetylenes is 1. The van der Waals surface area contributed by atoms with E-state index in [2.05, 4.69) is 11.2 Å². The molecule has 0 aromatic rings. The molecule has 0 aliphatic rings. The van der Waals surface area contributed by atoms with E-state index in [0.29, 0.717) is 26.4 Å². The van der Waals surface area contributed by atoms with Gasteiger partial charge in [-0.1, -0.05) is 12.8 Å². The van der Waals surface area contributed by atoms with Crippen LogP contribution >= 0.6 is 0 Å². The van der Waals surface area contributed by atoms with Crippen LogP contribution in [0.2, 0.25) is 0 Å². The Morgan fingerprint density at radius 2 is 2.21 bits per heavy atom. The van der Waals surface area contributed by atoms with Crippen molar-refractivity contribution < 1.29 is 14.3 Å². The monoisotopic (exact) mass is 199 g/mol. The second-order valence-electron chi connectivity index (χ2n) is 2.64. The first-order valence-electron chi connectivity index (χ1n) is 4.68. The van der Waals surface area contributed by atoms with Crippen molar-refractivity contribution >= 4 is 5.97 Å². The first-order valence-corrected chi connectivity index (χ1v) is 4.68. The van der Waals surface area contributed by atoms with Crippen molar-refractivity contribution in [3.63, 3.8) is 0 Å². The van der Waals surface area contributed by atoms with Crippen LogP contribution in [-0.4, -0.2) is 38.9 Å². The second-order valence-corrected chi connectivity index (χ2v) is 2.64. The van der Waals surface area contributed by atoms with Crippen molar-refractivity contribution in [3.8, 4) is 12.3 Å². The van der Waals surface area contributed by atoms with Crippen LogP contribution in [0.3, 0.4) is 0 Å². The quantitative estimate of drug-likeness (QED) is 0.344. The van der Waals surface area contributed by atoms with Gasteiger partial charge in [0.05, 0.1) is 19.7 Å². The van der Waals surface area contributed by atoms with Gasteiger partial charge in [-0.05, 0) is 6.42 Å². The van der Waals surface area contributed by atoms with Crippen LogP contribution in [0, 0.1) is 12.3 Å². The zero-order valence-corrected chi connectivity index (χ0v) is 8.54. The number of hydrogen-bond acceptors (Lipinski definition) is 4. The average Bonchev–Trinajstić information content (AvgIpc) is 2.18. The Hall–Kier alpha value is -1.05. The van der Waals surface area contributed by atoms with Gasteiger partial charge >= 0.3 is 5.97 Å². The summed E-state index contributed by atoms with van der Waals surface area (Å²) in [6.45, 7) is 4.01. The minimum Gasteiger partial charge on any atom is -0.462 e. The third-order valence-corrected chi connectivity index (χ3v) is 1.34. The van der Waals surface area contributed by atoms with Crippen LogP contribution in [0.25, 0.3) is 0 Å². The highest BCUT2D eigenvalue weighted by Gasteiger charge is 2.00. The minimum atomic E-state index is -0.305. The summed E-state index contributed by atoms with van der Waals surface area (Å²) in [7, 11) is 0. The molecule has 0 radical (unpaired) electrons. The van der Waals surface area contributed by atoms with Crippen LogP contribution in [0.15, 0.2) is 0 Å². The molecule has 14 heavy (non-hydrogen) atoms. The van der Waals surface area contributed by atoms with Gasteiger partial charge in [-0.15, -0.1) is 6.42 Å². The van der Waals surface area contributed by atoms with E-state index >= 15 is 0 Å². The molecule has 0 spiro atoms. The summed E-state index contributed by atoms with van der Waals surface area (Å²) in [5.41, 5.74) is 0. The molecule has 0 saturated heterocycles. The maximum Gasteiger partial charge on any atom is 0.320 e. The molecule has 0 bridgehead atoms. The molecule has 0 unspecified atom stereocenters. The Balaban J connectivity index is 3.15. The number of carbonyl (C=O) groups is 1. The highest BCUT2D eigenvalue weighted by Crippen LogP contribution is 1.82. The van der Waals surface area contributed by atoms with E-state index in [-0.39, 0.29) is 12.5 Å². The predicted molar refractivity (Wildman–Crippen MR) is 53.8 cm³/mol. The summed E-state index contributed by atoms with van der Waals surface area (Å²) in [5.74, 6) is 2.06. The summed E-state index contributed by atoms with van der Waals surface area (Å²) in [4.78, 5) is 10.9. The number of esters is 1. The normalized spacial score (nSPS) is 9.43. The molecule has 0 aliphatic carbocycles. The largest absolute Gasteiger partial charge is 0.462 e. The smallest absolute Gasteiger partial charge is 0.320 e. The third-order valence-electron chi connectivity index (χ3n) is 1.34. The van der Waals surface area contributed by atoms with Gasteiger partial charge in [0, 0.05) is 6.61 Å². The minimum absolute atomic E-state index is 0.151. The molecule has 0 aromatic heterocycles. The topological polar surface area (TPSA) is 47.6 Å². The molecule has 0 aliphatic heterocycles. The van der Waals surface area contributed by atoms with E-state index in [1.807, 2.05) is 6.92 Å². The number of hydrogen-bond donors (Lipinski definition) is 1. The molecular formula is C10H17NO3. The van der Waals surface area contributed by atoms with E-state index in [0.717, 1.165) is 6.42 Å². The van der Waals surface area contributed by atoms with E-state index in [1.165, 1.54) is 0 Å². The molecule has 4 nitrogen and oxygen atoms in total. The third kappa shape index (κ3) is 9.04. The van der Waals surface area contributed by atoms with E-state index < -0.39 is 0 Å². The summed E-state index contributed by atoms with van der Waals surface area (Å²) < 4.78 is 9.97. The van der Waals surface area contributed by atoms with Crippen LogP contribution in [-0.2, 0) is 14.3 Å². The molecule has 0 aromatic carbocycles. The molecule has 0 heterocycles. The molecule has 0 amide bonds. The average molecular weight is 199 g/mol. The van der Waals surface area contributed by atoms with Crippen LogP contribution in [0.4, 0.5) is 0 Å². The highest BCUT2D eigenvalue weighted by atomic mass is 16.6. The number of carbonyl (C=O) groups excluding carboxylic acids is 1. The molecule has 0 rings (SSSR count). The van der Waals surface area contributed by atoms with Gasteiger partial charge in [0.25, 0.3) is 0 Å². The molecule has 0 atom stereocenters. The molecule has 0 saturated carbocycles. The van der Waals surface area contributed by atoms with Crippen molar-refractivity contribution in [1.29, 1.82) is 0 Å². The van der Waals surface area contributed by atoms with Crippen molar-refractivity contribution in [2.24, 2.45) is 0 Å². The first kappa shape index (κ1) is 12.9. The fourth-order valence-corrected chi connectivity index (χ4v) is 0.749. The lowest BCUT2D eigenvalue weighted by molar-refractivity contribution is -0.144. The first-order chi connectivity index (χ1) is 6.81. The lowest BCUT2D eigenvalue weighted by Crippen LogP contribution is -2.25. The summed E-state index contributed by atoms with van der Waals surface area (Å²) >= 11 is 0. The van der Waals surface area contributed by atoms with Gasteiger partial charge < -0.3 is 9.47 Å². The number of rotatable bonds is 8. The zero-order valence-electron chi connectivity index (χ0n) is 8.54. The van der Waals surface area contributed by atoms with Crippen molar-refractivity contribution in [2.75, 3.05) is 32.9 Å². The Morgan fingerprint density at radius 1 is 1.43 bits per heavy atom. The maximum absolute atomic E-state index is 10.9. The SMILES string of the molecule is C#CCNCC(=O)OCCOCCC. The fraction of sp³-hybridized carbons (Fsp3) is 0.700. The van der Waals surface area contributed by atoms with E-state index in [1.54, 1.807) is 0 Å². The van der Waals surface area contributed by atoms with Gasteiger partial charge in [-0.3, -0.25) is 10.1 Å². The second kappa shape index (κ2) is 10.0. The molecule has 1 N–H and O–H groups in total. The van der Waals surface area contributed by atoms with Crippen molar-refractivity contribution in [2.45, 2.75) is 13.3 Å². The Bertz CT molecular complexity index is 186. The lowest BCUT2D eigenvalue weighted by Gasteiger charge is -2.05. The predicted octanol–water partition coefficient (Wildman–Crippen LogP) is 0.179. The summed E-state index contributed by atoms with van der Waals surface area (Å²) in [6, 6.07) is 0. The Morgan fingerprint density at radius 3 is 2.86 bits per heavy atom. The molecular weight excluding hydrogens is 182 g/mol. The van der Waals surface area contributed by atoms with Crippen molar-refractivity contribution in [1.82, 2.24) is 5.32 Å². The van der Waals surface area contributed by atoms with Crippen LogP contribution in [0.1, 0.15) is 13.3 Å². The fourth-order valence-electron chi connectivity index (χ4n) is 0.749. The number of nitrogens with one attached hydrogen (secondary N) is 1. The maximum atomic E-state index is 10.9. The zero-order chi connectivity index (χ0) is 10.6. The van der Waals surface area contributed by atoms with Gasteiger partial charge in [-0.25, -0.2) is 0 Å². The van der Waals surface area contributed by atoms with Crippen molar-refractivity contribution in [3.05, 3.63) is 0 Å². The lowest BCUT2D eigenvalue weighted by atomic mass is 10.5. The highest BCUT2D eigenvalue weighted by molar-refractivity contribution is 5.71. The summed E-state index contributed by atoms with van der Waals surface area (Å²) in [6.07, 6.45) is 5.96. The van der Waals surface area contributed by atoms with Gasteiger partial charge in [-0.2, -0.15) is 0 Å². The molecule has 0 fully saturated rings. The van der Waals surface area contributed by atoms with Crippen LogP contribution < -0.4 is 5.32 Å². The summed E-state index contributed by atoms with van der Waals surface area (Å²) in [5, 5.41) is 2.74. The van der Waals surface area contributed by atoms with Gasteiger partial charge in [0.2, 0.25) is 0 Å². The van der Waals surface area contributed by atoms with Gasteiger partial charge in [0.15, 0.2) is 0 Å². The standard InChI is InChI=1S/C10H17NO3/c1-3-5-11-9-10(12)14-8-7-13-6-4-2/h1,11H,4-9H2,2H3. The molecule has 4 heteroatoms. The van der Waals surface area contributed by atoms with Crippen LogP contribution in [0.5, 0.6) is 0 Å². The number of ether oxygens (including phenoxy) is 2. The van der Waals surface area contributed by atoms with E-state index in [9.17, 15) is 4.79 Å². The molecule has 80 valence electrons. The van der Waals surface area contributed by atoms with Gasteiger partial charge in [0.1, 0.15) is 6.61 Å².